The first-order valence-electron chi connectivity index (χ1n) is 7.90. The highest BCUT2D eigenvalue weighted by Crippen LogP contribution is 2.38. The summed E-state index contributed by atoms with van der Waals surface area (Å²) < 4.78 is 0. The first-order valence-corrected chi connectivity index (χ1v) is 7.90. The van der Waals surface area contributed by atoms with Gasteiger partial charge in [-0.15, -0.1) is 0 Å². The lowest BCUT2D eigenvalue weighted by Crippen LogP contribution is -2.39. The van der Waals surface area contributed by atoms with Crippen molar-refractivity contribution < 1.29 is 5.11 Å². The van der Waals surface area contributed by atoms with Gasteiger partial charge in [-0.2, -0.15) is 0 Å². The van der Waals surface area contributed by atoms with Gasteiger partial charge in [0.05, 0.1) is 6.10 Å². The van der Waals surface area contributed by atoms with Gasteiger partial charge >= 0.3 is 0 Å². The fourth-order valence-electron chi connectivity index (χ4n) is 3.90. The van der Waals surface area contributed by atoms with E-state index in [1.54, 1.807) is 0 Å². The van der Waals surface area contributed by atoms with Crippen LogP contribution in [-0.4, -0.2) is 41.8 Å². The predicted octanol–water partition coefficient (Wildman–Crippen LogP) is 1.87. The molecule has 1 aliphatic carbocycles. The average Bonchev–Trinajstić information content (AvgIpc) is 2.97. The number of fused-ring (bicyclic) bond motifs is 1. The third kappa shape index (κ3) is 3.22. The third-order valence-corrected chi connectivity index (χ3v) is 4.86. The summed E-state index contributed by atoms with van der Waals surface area (Å²) in [5.41, 5.74) is 1.42. The Morgan fingerprint density at radius 3 is 2.80 bits per heavy atom. The number of nitrogens with one attached hydrogen (secondary N) is 1. The Balaban J connectivity index is 1.54. The maximum atomic E-state index is 9.43. The molecule has 0 radical (unpaired) electrons. The molecule has 3 nitrogen and oxygen atoms in total. The van der Waals surface area contributed by atoms with Crippen LogP contribution >= 0.6 is 0 Å². The molecule has 2 N–H and O–H groups in total. The predicted molar refractivity (Wildman–Crippen MR) is 81.4 cm³/mol. The van der Waals surface area contributed by atoms with Gasteiger partial charge in [0.25, 0.3) is 0 Å². The van der Waals surface area contributed by atoms with Crippen LogP contribution in [0.2, 0.25) is 0 Å². The van der Waals surface area contributed by atoms with Crippen LogP contribution in [0.15, 0.2) is 30.3 Å². The number of aliphatic hydroxyl groups is 1. The van der Waals surface area contributed by atoms with Crippen molar-refractivity contribution in [2.45, 2.75) is 38.5 Å². The minimum absolute atomic E-state index is 0.240. The summed E-state index contributed by atoms with van der Waals surface area (Å²) in [5, 5.41) is 13.0. The number of rotatable bonds is 5. The smallest absolute Gasteiger partial charge is 0.0636 e. The molecule has 1 aliphatic heterocycles. The summed E-state index contributed by atoms with van der Waals surface area (Å²) in [4.78, 5) is 2.60. The Hall–Kier alpha value is -0.900. The Morgan fingerprint density at radius 1 is 1.25 bits per heavy atom. The largest absolute Gasteiger partial charge is 0.392 e. The monoisotopic (exact) mass is 274 g/mol. The number of aliphatic hydroxyl groups excluding tert-OH is 1. The molecule has 3 heteroatoms. The van der Waals surface area contributed by atoms with E-state index in [-0.39, 0.29) is 6.10 Å². The molecule has 1 saturated carbocycles. The van der Waals surface area contributed by atoms with E-state index in [4.69, 9.17) is 0 Å². The summed E-state index contributed by atoms with van der Waals surface area (Å²) in [6.45, 7) is 6.11. The molecule has 1 heterocycles. The lowest BCUT2D eigenvalue weighted by atomic mass is 9.98. The fraction of sp³-hybridized carbons (Fsp3) is 0.647. The van der Waals surface area contributed by atoms with Gasteiger partial charge in [-0.1, -0.05) is 30.3 Å². The molecular formula is C17H26N2O. The Labute approximate surface area is 122 Å². The Bertz CT molecular complexity index is 420. The van der Waals surface area contributed by atoms with E-state index in [2.05, 4.69) is 40.5 Å². The summed E-state index contributed by atoms with van der Waals surface area (Å²) in [6.07, 6.45) is 2.38. The molecule has 3 rings (SSSR count). The van der Waals surface area contributed by atoms with E-state index in [0.717, 1.165) is 24.9 Å². The van der Waals surface area contributed by atoms with Gasteiger partial charge in [-0.25, -0.2) is 0 Å². The number of hydrogen-bond acceptors (Lipinski definition) is 3. The van der Waals surface area contributed by atoms with Crippen LogP contribution in [0.3, 0.4) is 0 Å². The zero-order chi connectivity index (χ0) is 13.9. The molecule has 3 unspecified atom stereocenters. The molecule has 0 aromatic heterocycles. The molecule has 2 aliphatic rings. The van der Waals surface area contributed by atoms with E-state index in [1.165, 1.54) is 31.5 Å². The van der Waals surface area contributed by atoms with E-state index >= 15 is 0 Å². The first kappa shape index (κ1) is 14.1. The van der Waals surface area contributed by atoms with Crippen molar-refractivity contribution in [2.75, 3.05) is 19.6 Å². The Morgan fingerprint density at radius 2 is 2.05 bits per heavy atom. The van der Waals surface area contributed by atoms with Gasteiger partial charge in [-0.05, 0) is 37.2 Å². The molecule has 20 heavy (non-hydrogen) atoms. The minimum atomic E-state index is -0.240. The molecule has 0 amide bonds. The molecule has 110 valence electrons. The van der Waals surface area contributed by atoms with Crippen molar-refractivity contribution in [3.8, 4) is 0 Å². The molecule has 4 atom stereocenters. The topological polar surface area (TPSA) is 35.5 Å². The lowest BCUT2D eigenvalue weighted by molar-refractivity contribution is 0.180. The van der Waals surface area contributed by atoms with Crippen molar-refractivity contribution in [3.63, 3.8) is 0 Å². The summed E-state index contributed by atoms with van der Waals surface area (Å²) in [7, 11) is 0. The van der Waals surface area contributed by atoms with Crippen LogP contribution in [-0.2, 0) is 6.54 Å². The summed E-state index contributed by atoms with van der Waals surface area (Å²) in [5.74, 6) is 1.63. The second-order valence-electron chi connectivity index (χ2n) is 6.54. The van der Waals surface area contributed by atoms with Gasteiger partial charge in [0.1, 0.15) is 0 Å². The minimum Gasteiger partial charge on any atom is -0.392 e. The number of likely N-dealkylation sites (tertiary alicyclic amines) is 1. The van der Waals surface area contributed by atoms with Crippen LogP contribution in [0.1, 0.15) is 25.3 Å². The number of benzene rings is 1. The second kappa shape index (κ2) is 6.25. The highest BCUT2D eigenvalue weighted by Gasteiger charge is 2.42. The maximum absolute atomic E-state index is 9.43. The normalized spacial score (nSPS) is 31.4. The van der Waals surface area contributed by atoms with Crippen LogP contribution in [0.25, 0.3) is 0 Å². The van der Waals surface area contributed by atoms with Crippen molar-refractivity contribution in [1.82, 2.24) is 10.2 Å². The first-order chi connectivity index (χ1) is 9.72. The van der Waals surface area contributed by atoms with Crippen LogP contribution < -0.4 is 5.32 Å². The summed E-state index contributed by atoms with van der Waals surface area (Å²) >= 11 is 0. The molecule has 2 fully saturated rings. The molecule has 0 spiro atoms. The molecule has 1 aromatic rings. The van der Waals surface area contributed by atoms with Gasteiger partial charge in [0.15, 0.2) is 0 Å². The van der Waals surface area contributed by atoms with Gasteiger partial charge in [0.2, 0.25) is 0 Å². The van der Waals surface area contributed by atoms with E-state index in [0.29, 0.717) is 6.04 Å². The van der Waals surface area contributed by atoms with Crippen LogP contribution in [0.5, 0.6) is 0 Å². The van der Waals surface area contributed by atoms with E-state index in [9.17, 15) is 5.11 Å². The highest BCUT2D eigenvalue weighted by atomic mass is 16.3. The van der Waals surface area contributed by atoms with Gasteiger partial charge in [-0.3, -0.25) is 4.90 Å². The molecular weight excluding hydrogens is 248 g/mol. The fourth-order valence-corrected chi connectivity index (χ4v) is 3.90. The zero-order valence-electron chi connectivity index (χ0n) is 12.3. The number of hydrogen-bond donors (Lipinski definition) is 2. The van der Waals surface area contributed by atoms with Crippen LogP contribution in [0, 0.1) is 11.8 Å². The quantitative estimate of drug-likeness (QED) is 0.860. The highest BCUT2D eigenvalue weighted by molar-refractivity contribution is 5.15. The van der Waals surface area contributed by atoms with Crippen molar-refractivity contribution in [3.05, 3.63) is 35.9 Å². The van der Waals surface area contributed by atoms with Crippen molar-refractivity contribution in [2.24, 2.45) is 11.8 Å². The van der Waals surface area contributed by atoms with Gasteiger partial charge in [0, 0.05) is 32.2 Å². The molecule has 0 bridgehead atoms. The number of nitrogens with zero attached hydrogens (tertiary/aromatic N) is 1. The van der Waals surface area contributed by atoms with Gasteiger partial charge < -0.3 is 10.4 Å². The Kier molecular flexibility index (Phi) is 4.39. The average molecular weight is 274 g/mol. The van der Waals surface area contributed by atoms with Crippen molar-refractivity contribution in [1.29, 1.82) is 0 Å². The second-order valence-corrected chi connectivity index (χ2v) is 6.54. The molecule has 1 aromatic carbocycles. The van der Waals surface area contributed by atoms with E-state index in [1.807, 2.05) is 6.92 Å². The maximum Gasteiger partial charge on any atom is 0.0636 e. The lowest BCUT2D eigenvalue weighted by Gasteiger charge is -2.22. The standard InChI is InChI=1S/C17H26N2O/c1-13(20)9-18-17-8-7-15-11-19(12-16(15)17)10-14-5-3-2-4-6-14/h2-6,13,15-18,20H,7-12H2,1H3/t13-,15?,16?,17?/m0/s1. The summed E-state index contributed by atoms with van der Waals surface area (Å²) in [6, 6.07) is 11.4. The van der Waals surface area contributed by atoms with Crippen LogP contribution in [0.4, 0.5) is 0 Å². The zero-order valence-corrected chi connectivity index (χ0v) is 12.3. The van der Waals surface area contributed by atoms with E-state index < -0.39 is 0 Å². The third-order valence-electron chi connectivity index (χ3n) is 4.86. The molecule has 1 saturated heterocycles. The SMILES string of the molecule is C[C@H](O)CNC1CCC2CN(Cc3ccccc3)CC21. The van der Waals surface area contributed by atoms with Crippen molar-refractivity contribution >= 4 is 0 Å².